The highest BCUT2D eigenvalue weighted by molar-refractivity contribution is 7.11. The van der Waals surface area contributed by atoms with Crippen LogP contribution in [-0.4, -0.2) is 47.2 Å². The van der Waals surface area contributed by atoms with Crippen LogP contribution in [0.5, 0.6) is 0 Å². The maximum absolute atomic E-state index is 5.38. The first-order valence-electron chi connectivity index (χ1n) is 8.90. The minimum atomic E-state index is 0.561. The number of hydrogen-bond donors (Lipinski definition) is 0. The van der Waals surface area contributed by atoms with Gasteiger partial charge >= 0.3 is 0 Å². The van der Waals surface area contributed by atoms with Gasteiger partial charge in [-0.25, -0.2) is 4.98 Å². The quantitative estimate of drug-likeness (QED) is 0.848. The van der Waals surface area contributed by atoms with E-state index in [0.29, 0.717) is 17.8 Å². The monoisotopic (exact) mass is 347 g/mol. The van der Waals surface area contributed by atoms with Crippen LogP contribution in [0.2, 0.25) is 0 Å². The van der Waals surface area contributed by atoms with Gasteiger partial charge in [0.1, 0.15) is 0 Å². The van der Waals surface area contributed by atoms with Crippen molar-refractivity contribution in [1.29, 1.82) is 0 Å². The summed E-state index contributed by atoms with van der Waals surface area (Å²) in [6, 6.07) is 0. The molecule has 0 saturated carbocycles. The first-order chi connectivity index (χ1) is 11.7. The van der Waals surface area contributed by atoms with Crippen molar-refractivity contribution in [2.24, 2.45) is 0 Å². The second kappa shape index (κ2) is 6.80. The zero-order chi connectivity index (χ0) is 16.5. The lowest BCUT2D eigenvalue weighted by atomic mass is 9.98. The predicted molar refractivity (Wildman–Crippen MR) is 94.6 cm³/mol. The molecule has 1 aliphatic carbocycles. The Labute approximate surface area is 146 Å². The van der Waals surface area contributed by atoms with E-state index in [1.165, 1.54) is 49.2 Å². The van der Waals surface area contributed by atoms with Crippen LogP contribution in [0.1, 0.15) is 53.1 Å². The standard InChI is InChI=1S/C17H25N5OS/c1-21(2)17-19-15(23-20-17)11-22-9-5-6-12(10-22)16-18-13-7-3-4-8-14(13)24-16/h12H,3-11H2,1-2H3/t12-/m1/s1. The third-order valence-electron chi connectivity index (χ3n) is 4.93. The van der Waals surface area contributed by atoms with Crippen molar-refractivity contribution < 1.29 is 4.52 Å². The summed E-state index contributed by atoms with van der Waals surface area (Å²) < 4.78 is 5.38. The zero-order valence-electron chi connectivity index (χ0n) is 14.5. The number of aromatic nitrogens is 3. The number of thiazole rings is 1. The molecule has 2 aromatic rings. The molecule has 0 spiro atoms. The van der Waals surface area contributed by atoms with Crippen LogP contribution in [0, 0.1) is 0 Å². The molecule has 2 aromatic heterocycles. The van der Waals surface area contributed by atoms with E-state index in [1.54, 1.807) is 4.88 Å². The van der Waals surface area contributed by atoms with Crippen LogP contribution in [0.25, 0.3) is 0 Å². The van der Waals surface area contributed by atoms with Gasteiger partial charge < -0.3 is 9.42 Å². The molecule has 1 aliphatic heterocycles. The summed E-state index contributed by atoms with van der Waals surface area (Å²) in [5.41, 5.74) is 1.38. The second-order valence-electron chi connectivity index (χ2n) is 7.09. The number of anilines is 1. The molecule has 0 unspecified atom stereocenters. The molecule has 0 radical (unpaired) electrons. The van der Waals surface area contributed by atoms with E-state index in [4.69, 9.17) is 9.51 Å². The van der Waals surface area contributed by atoms with Crippen LogP contribution in [-0.2, 0) is 19.4 Å². The molecule has 0 amide bonds. The second-order valence-corrected chi connectivity index (χ2v) is 8.20. The Morgan fingerprint density at radius 3 is 2.88 bits per heavy atom. The van der Waals surface area contributed by atoms with Crippen molar-refractivity contribution in [3.63, 3.8) is 0 Å². The van der Waals surface area contributed by atoms with Gasteiger partial charge in [0.25, 0.3) is 5.95 Å². The fourth-order valence-electron chi connectivity index (χ4n) is 3.63. The molecule has 1 atom stereocenters. The van der Waals surface area contributed by atoms with Crippen LogP contribution in [0.15, 0.2) is 4.52 Å². The molecule has 2 aliphatic rings. The maximum atomic E-state index is 5.38. The van der Waals surface area contributed by atoms with Gasteiger partial charge in [-0.05, 0) is 50.2 Å². The summed E-state index contributed by atoms with van der Waals surface area (Å²) in [5, 5.41) is 5.36. The number of likely N-dealkylation sites (tertiary alicyclic amines) is 1. The predicted octanol–water partition coefficient (Wildman–Crippen LogP) is 2.85. The summed E-state index contributed by atoms with van der Waals surface area (Å²) in [5.74, 6) is 1.91. The topological polar surface area (TPSA) is 58.3 Å². The minimum Gasteiger partial charge on any atom is -0.344 e. The average molecular weight is 347 g/mol. The first kappa shape index (κ1) is 16.0. The summed E-state index contributed by atoms with van der Waals surface area (Å²) in [4.78, 5) is 15.3. The lowest BCUT2D eigenvalue weighted by Gasteiger charge is -2.30. The van der Waals surface area contributed by atoms with Crippen molar-refractivity contribution >= 4 is 17.3 Å². The Balaban J connectivity index is 1.42. The lowest BCUT2D eigenvalue weighted by molar-refractivity contribution is 0.177. The van der Waals surface area contributed by atoms with E-state index in [-0.39, 0.29) is 0 Å². The fourth-order valence-corrected chi connectivity index (χ4v) is 4.91. The summed E-state index contributed by atoms with van der Waals surface area (Å²) in [6.07, 6.45) is 7.50. The van der Waals surface area contributed by atoms with Gasteiger partial charge in [0.2, 0.25) is 5.89 Å². The van der Waals surface area contributed by atoms with Crippen molar-refractivity contribution in [2.45, 2.75) is 51.0 Å². The van der Waals surface area contributed by atoms with Gasteiger partial charge in [-0.2, -0.15) is 4.98 Å². The molecular weight excluding hydrogens is 322 g/mol. The minimum absolute atomic E-state index is 0.561. The molecule has 7 heteroatoms. The molecule has 0 aromatic carbocycles. The van der Waals surface area contributed by atoms with Gasteiger partial charge in [0.15, 0.2) is 0 Å². The fraction of sp³-hybridized carbons (Fsp3) is 0.706. The largest absolute Gasteiger partial charge is 0.344 e. The molecule has 24 heavy (non-hydrogen) atoms. The number of rotatable bonds is 4. The van der Waals surface area contributed by atoms with Gasteiger partial charge in [0.05, 0.1) is 17.2 Å². The Kier molecular flexibility index (Phi) is 4.54. The number of aryl methyl sites for hydroxylation is 2. The molecule has 130 valence electrons. The molecular formula is C17H25N5OS. The van der Waals surface area contributed by atoms with Gasteiger partial charge in [-0.1, -0.05) is 0 Å². The highest BCUT2D eigenvalue weighted by atomic mass is 32.1. The van der Waals surface area contributed by atoms with Gasteiger partial charge in [-0.3, -0.25) is 4.90 Å². The number of nitrogens with zero attached hydrogens (tertiary/aromatic N) is 5. The third kappa shape index (κ3) is 3.32. The van der Waals surface area contributed by atoms with Crippen LogP contribution >= 0.6 is 11.3 Å². The number of hydrogen-bond acceptors (Lipinski definition) is 7. The highest BCUT2D eigenvalue weighted by Crippen LogP contribution is 2.34. The lowest BCUT2D eigenvalue weighted by Crippen LogP contribution is -2.34. The van der Waals surface area contributed by atoms with Crippen molar-refractivity contribution in [3.8, 4) is 0 Å². The molecule has 6 nitrogen and oxygen atoms in total. The normalized spacial score (nSPS) is 21.7. The smallest absolute Gasteiger partial charge is 0.265 e. The van der Waals surface area contributed by atoms with Crippen LogP contribution < -0.4 is 4.90 Å². The van der Waals surface area contributed by atoms with Gasteiger partial charge in [-0.15, -0.1) is 11.3 Å². The number of fused-ring (bicyclic) bond motifs is 1. The summed E-state index contributed by atoms with van der Waals surface area (Å²) in [7, 11) is 3.85. The van der Waals surface area contributed by atoms with E-state index in [9.17, 15) is 0 Å². The molecule has 3 heterocycles. The Morgan fingerprint density at radius 2 is 2.08 bits per heavy atom. The summed E-state index contributed by atoms with van der Waals surface area (Å²) in [6.45, 7) is 2.88. The van der Waals surface area contributed by atoms with E-state index in [1.807, 2.05) is 30.3 Å². The van der Waals surface area contributed by atoms with E-state index in [2.05, 4.69) is 15.0 Å². The Bertz CT molecular complexity index is 671. The SMILES string of the molecule is CN(C)c1noc(CN2CCC[C@@H](c3nc4c(s3)CCCC4)C2)n1. The van der Waals surface area contributed by atoms with E-state index < -0.39 is 0 Å². The third-order valence-corrected chi connectivity index (χ3v) is 6.25. The molecule has 1 fully saturated rings. The highest BCUT2D eigenvalue weighted by Gasteiger charge is 2.27. The average Bonchev–Trinajstić information content (AvgIpc) is 3.21. The van der Waals surface area contributed by atoms with Crippen molar-refractivity contribution in [1.82, 2.24) is 20.0 Å². The summed E-state index contributed by atoms with van der Waals surface area (Å²) >= 11 is 1.96. The molecule has 4 rings (SSSR count). The Hall–Kier alpha value is -1.47. The van der Waals surface area contributed by atoms with Crippen LogP contribution in [0.4, 0.5) is 5.95 Å². The Morgan fingerprint density at radius 1 is 1.21 bits per heavy atom. The van der Waals surface area contributed by atoms with Crippen LogP contribution in [0.3, 0.4) is 0 Å². The molecule has 1 saturated heterocycles. The van der Waals surface area contributed by atoms with Crippen molar-refractivity contribution in [3.05, 3.63) is 21.5 Å². The van der Waals surface area contributed by atoms with Crippen molar-refractivity contribution in [2.75, 3.05) is 32.1 Å². The molecule has 0 bridgehead atoms. The van der Waals surface area contributed by atoms with E-state index >= 15 is 0 Å². The van der Waals surface area contributed by atoms with E-state index in [0.717, 1.165) is 19.6 Å². The van der Waals surface area contributed by atoms with Gasteiger partial charge in [0, 0.05) is 31.4 Å². The molecule has 0 N–H and O–H groups in total. The maximum Gasteiger partial charge on any atom is 0.265 e. The zero-order valence-corrected chi connectivity index (χ0v) is 15.3. The number of piperidine rings is 1. The first-order valence-corrected chi connectivity index (χ1v) is 9.71.